The van der Waals surface area contributed by atoms with Gasteiger partial charge in [0.25, 0.3) is 5.91 Å². The number of aromatic nitrogens is 3. The highest BCUT2D eigenvalue weighted by molar-refractivity contribution is 5.95. The molecule has 0 bridgehead atoms. The van der Waals surface area contributed by atoms with Gasteiger partial charge in [0, 0.05) is 35.3 Å². The fraction of sp³-hybridized carbons (Fsp3) is 0.154. The van der Waals surface area contributed by atoms with Gasteiger partial charge in [0.15, 0.2) is 0 Å². The third kappa shape index (κ3) is 5.71. The summed E-state index contributed by atoms with van der Waals surface area (Å²) < 4.78 is 7.57. The van der Waals surface area contributed by atoms with Gasteiger partial charge in [0.05, 0.1) is 18.5 Å². The number of nitrogens with one attached hydrogen (secondary N) is 1. The summed E-state index contributed by atoms with van der Waals surface area (Å²) in [6.07, 6.45) is 8.74. The summed E-state index contributed by atoms with van der Waals surface area (Å²) in [5.41, 5.74) is 6.42. The number of carbonyl (C=O) groups excluding carboxylic acids is 1. The van der Waals surface area contributed by atoms with E-state index in [1.165, 1.54) is 0 Å². The zero-order valence-corrected chi connectivity index (χ0v) is 18.4. The van der Waals surface area contributed by atoms with Crippen LogP contribution in [0.25, 0.3) is 16.9 Å². The third-order valence-corrected chi connectivity index (χ3v) is 4.97. The van der Waals surface area contributed by atoms with Crippen LogP contribution in [0.2, 0.25) is 0 Å². The predicted molar refractivity (Wildman–Crippen MR) is 129 cm³/mol. The lowest BCUT2D eigenvalue weighted by Crippen LogP contribution is -2.17. The lowest BCUT2D eigenvalue weighted by molar-refractivity contribution is 0.0955. The SMILES string of the molecule is CCCCOc1ccc(-c2nn(-c3ccccc3)cc2/C=N/NC(=O)c2ccncc2)cc1. The number of hydrogen-bond donors (Lipinski definition) is 1. The van der Waals surface area contributed by atoms with Crippen LogP contribution in [0.1, 0.15) is 35.7 Å². The van der Waals surface area contributed by atoms with E-state index in [0.717, 1.165) is 41.1 Å². The molecule has 4 aromatic rings. The fourth-order valence-corrected chi connectivity index (χ4v) is 3.19. The van der Waals surface area contributed by atoms with E-state index in [1.54, 1.807) is 35.4 Å². The molecule has 0 saturated carbocycles. The summed E-state index contributed by atoms with van der Waals surface area (Å²) in [5.74, 6) is 0.522. The summed E-state index contributed by atoms with van der Waals surface area (Å²) in [7, 11) is 0. The first-order valence-electron chi connectivity index (χ1n) is 10.9. The Bertz CT molecular complexity index is 1200. The predicted octanol–water partition coefficient (Wildman–Crippen LogP) is 4.88. The molecule has 0 aliphatic carbocycles. The molecule has 2 aromatic heterocycles. The van der Waals surface area contributed by atoms with Crippen molar-refractivity contribution in [1.29, 1.82) is 0 Å². The summed E-state index contributed by atoms with van der Waals surface area (Å²) in [6, 6.07) is 20.9. The molecule has 0 radical (unpaired) electrons. The maximum atomic E-state index is 12.3. The highest BCUT2D eigenvalue weighted by atomic mass is 16.5. The number of amides is 1. The summed E-state index contributed by atoms with van der Waals surface area (Å²) in [5, 5.41) is 8.93. The van der Waals surface area contributed by atoms with Crippen molar-refractivity contribution < 1.29 is 9.53 Å². The molecule has 7 nitrogen and oxygen atoms in total. The zero-order chi connectivity index (χ0) is 22.9. The maximum Gasteiger partial charge on any atom is 0.271 e. The summed E-state index contributed by atoms with van der Waals surface area (Å²) in [4.78, 5) is 16.2. The molecule has 33 heavy (non-hydrogen) atoms. The van der Waals surface area contributed by atoms with E-state index in [4.69, 9.17) is 9.84 Å². The lowest BCUT2D eigenvalue weighted by atomic mass is 10.1. The third-order valence-electron chi connectivity index (χ3n) is 4.97. The van der Waals surface area contributed by atoms with Gasteiger partial charge in [-0.05, 0) is 55.0 Å². The monoisotopic (exact) mass is 439 g/mol. The standard InChI is InChI=1S/C26H25N5O2/c1-2-3-17-33-24-11-9-20(10-12-24)25-22(19-31(30-25)23-7-5-4-6-8-23)18-28-29-26(32)21-13-15-27-16-14-21/h4-16,18-19H,2-3,17H2,1H3,(H,29,32)/b28-18+. The van der Waals surface area contributed by atoms with Gasteiger partial charge in [-0.25, -0.2) is 10.1 Å². The van der Waals surface area contributed by atoms with Crippen LogP contribution < -0.4 is 10.2 Å². The number of carbonyl (C=O) groups is 1. The highest BCUT2D eigenvalue weighted by Crippen LogP contribution is 2.25. The van der Waals surface area contributed by atoms with Crippen molar-refractivity contribution in [1.82, 2.24) is 20.2 Å². The molecule has 0 fully saturated rings. The molecular formula is C26H25N5O2. The van der Waals surface area contributed by atoms with E-state index in [0.29, 0.717) is 12.2 Å². The number of unbranched alkanes of at least 4 members (excludes halogenated alkanes) is 1. The molecule has 166 valence electrons. The average Bonchev–Trinajstić information content (AvgIpc) is 3.30. The molecule has 1 N–H and O–H groups in total. The highest BCUT2D eigenvalue weighted by Gasteiger charge is 2.12. The number of pyridine rings is 1. The number of para-hydroxylation sites is 1. The normalized spacial score (nSPS) is 10.9. The van der Waals surface area contributed by atoms with Crippen molar-refractivity contribution in [2.24, 2.45) is 5.10 Å². The Kier molecular flexibility index (Phi) is 7.22. The van der Waals surface area contributed by atoms with Gasteiger partial charge < -0.3 is 4.74 Å². The Morgan fingerprint density at radius 1 is 1.06 bits per heavy atom. The van der Waals surface area contributed by atoms with Crippen LogP contribution in [0.5, 0.6) is 5.75 Å². The molecule has 0 atom stereocenters. The number of rotatable bonds is 9. The second-order valence-electron chi connectivity index (χ2n) is 7.37. The quantitative estimate of drug-likeness (QED) is 0.229. The van der Waals surface area contributed by atoms with E-state index in [9.17, 15) is 4.79 Å². The Balaban J connectivity index is 1.58. The maximum absolute atomic E-state index is 12.3. The molecule has 0 aliphatic heterocycles. The molecule has 1 amide bonds. The van der Waals surface area contributed by atoms with Crippen molar-refractivity contribution in [2.45, 2.75) is 19.8 Å². The van der Waals surface area contributed by atoms with E-state index in [2.05, 4.69) is 22.4 Å². The van der Waals surface area contributed by atoms with Crippen LogP contribution in [0.4, 0.5) is 0 Å². The molecule has 2 heterocycles. The number of nitrogens with zero attached hydrogens (tertiary/aromatic N) is 4. The van der Waals surface area contributed by atoms with Crippen LogP contribution in [0.3, 0.4) is 0 Å². The molecule has 0 saturated heterocycles. The largest absolute Gasteiger partial charge is 0.494 e. The second-order valence-corrected chi connectivity index (χ2v) is 7.37. The number of hydrazone groups is 1. The summed E-state index contributed by atoms with van der Waals surface area (Å²) >= 11 is 0. The number of ether oxygens (including phenoxy) is 1. The molecular weight excluding hydrogens is 414 g/mol. The summed E-state index contributed by atoms with van der Waals surface area (Å²) in [6.45, 7) is 2.84. The van der Waals surface area contributed by atoms with Crippen LogP contribution in [-0.4, -0.2) is 33.5 Å². The Morgan fingerprint density at radius 2 is 1.82 bits per heavy atom. The first-order chi connectivity index (χ1) is 16.2. The van der Waals surface area contributed by atoms with E-state index < -0.39 is 0 Å². The van der Waals surface area contributed by atoms with Gasteiger partial charge in [0.1, 0.15) is 11.4 Å². The minimum atomic E-state index is -0.306. The molecule has 0 aliphatic rings. The van der Waals surface area contributed by atoms with E-state index in [-0.39, 0.29) is 5.91 Å². The molecule has 7 heteroatoms. The minimum absolute atomic E-state index is 0.306. The Hall–Kier alpha value is -4.26. The molecule has 4 rings (SSSR count). The number of hydrogen-bond acceptors (Lipinski definition) is 5. The second kappa shape index (κ2) is 10.9. The van der Waals surface area contributed by atoms with Crippen molar-refractivity contribution in [2.75, 3.05) is 6.61 Å². The Labute approximate surface area is 192 Å². The van der Waals surface area contributed by atoms with Crippen LogP contribution in [0.15, 0.2) is 90.4 Å². The fourth-order valence-electron chi connectivity index (χ4n) is 3.19. The topological polar surface area (TPSA) is 81.4 Å². The van der Waals surface area contributed by atoms with E-state index in [1.807, 2.05) is 60.8 Å². The van der Waals surface area contributed by atoms with Crippen LogP contribution in [-0.2, 0) is 0 Å². The van der Waals surface area contributed by atoms with Crippen molar-refractivity contribution in [3.8, 4) is 22.7 Å². The van der Waals surface area contributed by atoms with Crippen molar-refractivity contribution >= 4 is 12.1 Å². The van der Waals surface area contributed by atoms with Gasteiger partial charge in [-0.2, -0.15) is 10.2 Å². The number of benzene rings is 2. The molecule has 0 spiro atoms. The lowest BCUT2D eigenvalue weighted by Gasteiger charge is -2.06. The van der Waals surface area contributed by atoms with Crippen LogP contribution in [0, 0.1) is 0 Å². The van der Waals surface area contributed by atoms with Crippen molar-refractivity contribution in [3.05, 3.63) is 96.4 Å². The van der Waals surface area contributed by atoms with Gasteiger partial charge in [0.2, 0.25) is 0 Å². The van der Waals surface area contributed by atoms with Gasteiger partial charge in [-0.15, -0.1) is 0 Å². The Morgan fingerprint density at radius 3 is 2.55 bits per heavy atom. The first-order valence-corrected chi connectivity index (χ1v) is 10.9. The van der Waals surface area contributed by atoms with E-state index >= 15 is 0 Å². The van der Waals surface area contributed by atoms with Gasteiger partial charge in [-0.3, -0.25) is 9.78 Å². The van der Waals surface area contributed by atoms with Crippen LogP contribution >= 0.6 is 0 Å². The molecule has 0 unspecified atom stereocenters. The smallest absolute Gasteiger partial charge is 0.271 e. The minimum Gasteiger partial charge on any atom is -0.494 e. The van der Waals surface area contributed by atoms with Gasteiger partial charge >= 0.3 is 0 Å². The van der Waals surface area contributed by atoms with Crippen molar-refractivity contribution in [3.63, 3.8) is 0 Å². The van der Waals surface area contributed by atoms with Gasteiger partial charge in [-0.1, -0.05) is 31.5 Å². The zero-order valence-electron chi connectivity index (χ0n) is 18.4. The first kappa shape index (κ1) is 22.0. The molecule has 2 aromatic carbocycles. The average molecular weight is 440 g/mol.